The predicted octanol–water partition coefficient (Wildman–Crippen LogP) is 0.925. The standard InChI is InChI=1S/C12H14N2O3/c1-8-12(16)17-11-7-9(14(2)5-6-15)3-4-10(11)13-8/h3-4,7,15H,5-6H2,1-2H3. The van der Waals surface area contributed by atoms with Crippen molar-refractivity contribution in [2.24, 2.45) is 0 Å². The van der Waals surface area contributed by atoms with Gasteiger partial charge in [0, 0.05) is 25.3 Å². The number of fused-ring (bicyclic) bond motifs is 1. The molecule has 0 aliphatic rings. The van der Waals surface area contributed by atoms with Gasteiger partial charge in [0.15, 0.2) is 5.58 Å². The van der Waals surface area contributed by atoms with Gasteiger partial charge in [-0.25, -0.2) is 9.78 Å². The van der Waals surface area contributed by atoms with Gasteiger partial charge in [0.2, 0.25) is 0 Å². The number of likely N-dealkylation sites (N-methyl/N-ethyl adjacent to an activating group) is 1. The maximum Gasteiger partial charge on any atom is 0.357 e. The Bertz CT molecular complexity index is 592. The minimum absolute atomic E-state index is 0.0740. The van der Waals surface area contributed by atoms with Gasteiger partial charge in [0.25, 0.3) is 0 Å². The molecule has 0 unspecified atom stereocenters. The Labute approximate surface area is 98.3 Å². The highest BCUT2D eigenvalue weighted by molar-refractivity contribution is 5.76. The molecule has 90 valence electrons. The van der Waals surface area contributed by atoms with E-state index < -0.39 is 5.63 Å². The van der Waals surface area contributed by atoms with Crippen LogP contribution in [0, 0.1) is 6.92 Å². The zero-order chi connectivity index (χ0) is 12.4. The van der Waals surface area contributed by atoms with E-state index in [1.54, 1.807) is 19.1 Å². The number of aromatic nitrogens is 1. The molecule has 0 amide bonds. The predicted molar refractivity (Wildman–Crippen MR) is 65.4 cm³/mol. The third-order valence-corrected chi connectivity index (χ3v) is 2.61. The van der Waals surface area contributed by atoms with Gasteiger partial charge in [0.1, 0.15) is 11.2 Å². The molecule has 1 N–H and O–H groups in total. The molecule has 17 heavy (non-hydrogen) atoms. The number of hydrogen-bond acceptors (Lipinski definition) is 5. The summed E-state index contributed by atoms with van der Waals surface area (Å²) in [5.74, 6) is 0. The molecule has 5 heteroatoms. The lowest BCUT2D eigenvalue weighted by Crippen LogP contribution is -2.21. The van der Waals surface area contributed by atoms with Crippen LogP contribution in [0.5, 0.6) is 0 Å². The summed E-state index contributed by atoms with van der Waals surface area (Å²) in [6.45, 7) is 2.22. The van der Waals surface area contributed by atoms with Crippen LogP contribution in [0.3, 0.4) is 0 Å². The first-order chi connectivity index (χ1) is 8.11. The second kappa shape index (κ2) is 4.55. The fraction of sp³-hybridized carbons (Fsp3) is 0.333. The van der Waals surface area contributed by atoms with Crippen molar-refractivity contribution < 1.29 is 9.52 Å². The van der Waals surface area contributed by atoms with E-state index in [1.807, 2.05) is 18.0 Å². The van der Waals surface area contributed by atoms with E-state index >= 15 is 0 Å². The topological polar surface area (TPSA) is 66.6 Å². The molecule has 0 spiro atoms. The summed E-state index contributed by atoms with van der Waals surface area (Å²) < 4.78 is 5.15. The van der Waals surface area contributed by atoms with Crippen LogP contribution < -0.4 is 10.5 Å². The van der Waals surface area contributed by atoms with Crippen LogP contribution in [-0.4, -0.2) is 30.3 Å². The van der Waals surface area contributed by atoms with Crippen LogP contribution in [0.1, 0.15) is 5.69 Å². The molecule has 5 nitrogen and oxygen atoms in total. The molecule has 0 saturated carbocycles. The molecule has 1 heterocycles. The highest BCUT2D eigenvalue weighted by atomic mass is 16.4. The third-order valence-electron chi connectivity index (χ3n) is 2.61. The summed E-state index contributed by atoms with van der Waals surface area (Å²) >= 11 is 0. The fourth-order valence-corrected chi connectivity index (χ4v) is 1.59. The molecular weight excluding hydrogens is 220 g/mol. The molecule has 1 aromatic carbocycles. The van der Waals surface area contributed by atoms with E-state index in [2.05, 4.69) is 4.98 Å². The lowest BCUT2D eigenvalue weighted by molar-refractivity contribution is 0.304. The van der Waals surface area contributed by atoms with Crippen molar-refractivity contribution in [2.75, 3.05) is 25.1 Å². The molecule has 0 radical (unpaired) electrons. The molecule has 0 saturated heterocycles. The normalized spacial score (nSPS) is 10.8. The van der Waals surface area contributed by atoms with E-state index in [0.717, 1.165) is 5.69 Å². The van der Waals surface area contributed by atoms with Crippen molar-refractivity contribution in [2.45, 2.75) is 6.92 Å². The van der Waals surface area contributed by atoms with E-state index in [9.17, 15) is 4.79 Å². The number of rotatable bonds is 3. The average molecular weight is 234 g/mol. The van der Waals surface area contributed by atoms with E-state index in [4.69, 9.17) is 9.52 Å². The van der Waals surface area contributed by atoms with Crippen LogP contribution in [0.4, 0.5) is 5.69 Å². The highest BCUT2D eigenvalue weighted by Crippen LogP contribution is 2.19. The van der Waals surface area contributed by atoms with Crippen LogP contribution >= 0.6 is 0 Å². The summed E-state index contributed by atoms with van der Waals surface area (Å²) in [6, 6.07) is 5.43. The number of anilines is 1. The Kier molecular flexibility index (Phi) is 3.10. The van der Waals surface area contributed by atoms with E-state index in [-0.39, 0.29) is 6.61 Å². The first-order valence-corrected chi connectivity index (χ1v) is 5.35. The summed E-state index contributed by atoms with van der Waals surface area (Å²) in [7, 11) is 1.86. The highest BCUT2D eigenvalue weighted by Gasteiger charge is 2.06. The van der Waals surface area contributed by atoms with E-state index in [0.29, 0.717) is 23.3 Å². The number of aryl methyl sites for hydroxylation is 1. The quantitative estimate of drug-likeness (QED) is 0.855. The maximum absolute atomic E-state index is 11.4. The van der Waals surface area contributed by atoms with Crippen LogP contribution in [0.25, 0.3) is 11.1 Å². The molecule has 2 rings (SSSR count). The Morgan fingerprint density at radius 1 is 1.47 bits per heavy atom. The smallest absolute Gasteiger partial charge is 0.357 e. The summed E-state index contributed by atoms with van der Waals surface area (Å²) in [4.78, 5) is 17.4. The van der Waals surface area contributed by atoms with Gasteiger partial charge < -0.3 is 14.4 Å². The van der Waals surface area contributed by atoms with Gasteiger partial charge in [-0.2, -0.15) is 0 Å². The number of aliphatic hydroxyl groups is 1. The number of benzene rings is 1. The Balaban J connectivity index is 2.50. The van der Waals surface area contributed by atoms with Crippen molar-refractivity contribution in [3.05, 3.63) is 34.3 Å². The van der Waals surface area contributed by atoms with Crippen molar-refractivity contribution in [3.63, 3.8) is 0 Å². The molecule has 0 aliphatic carbocycles. The average Bonchev–Trinajstić information content (AvgIpc) is 2.30. The van der Waals surface area contributed by atoms with E-state index in [1.165, 1.54) is 0 Å². The number of hydrogen-bond donors (Lipinski definition) is 1. The van der Waals surface area contributed by atoms with Gasteiger partial charge in [-0.3, -0.25) is 0 Å². The SMILES string of the molecule is Cc1nc2ccc(N(C)CCO)cc2oc1=O. The monoisotopic (exact) mass is 234 g/mol. The Morgan fingerprint density at radius 3 is 2.94 bits per heavy atom. The molecule has 1 aromatic heterocycles. The first kappa shape index (κ1) is 11.6. The van der Waals surface area contributed by atoms with Crippen molar-refractivity contribution in [1.82, 2.24) is 4.98 Å². The molecular formula is C12H14N2O3. The van der Waals surface area contributed by atoms with Crippen molar-refractivity contribution in [1.29, 1.82) is 0 Å². The maximum atomic E-state index is 11.4. The summed E-state index contributed by atoms with van der Waals surface area (Å²) in [6.07, 6.45) is 0. The molecule has 2 aromatic rings. The Hall–Kier alpha value is -1.88. The number of aliphatic hydroxyl groups excluding tert-OH is 1. The lowest BCUT2D eigenvalue weighted by Gasteiger charge is -2.17. The molecule has 0 atom stereocenters. The van der Waals surface area contributed by atoms with Gasteiger partial charge in [0.05, 0.1) is 6.61 Å². The fourth-order valence-electron chi connectivity index (χ4n) is 1.59. The van der Waals surface area contributed by atoms with Gasteiger partial charge in [-0.1, -0.05) is 0 Å². The van der Waals surface area contributed by atoms with Gasteiger partial charge >= 0.3 is 5.63 Å². The first-order valence-electron chi connectivity index (χ1n) is 5.35. The van der Waals surface area contributed by atoms with Crippen molar-refractivity contribution in [3.8, 4) is 0 Å². The largest absolute Gasteiger partial charge is 0.420 e. The zero-order valence-electron chi connectivity index (χ0n) is 9.80. The van der Waals surface area contributed by atoms with Gasteiger partial charge in [-0.15, -0.1) is 0 Å². The molecule has 0 aliphatic heterocycles. The number of nitrogens with zero attached hydrogens (tertiary/aromatic N) is 2. The summed E-state index contributed by atoms with van der Waals surface area (Å²) in [5, 5.41) is 8.86. The molecule has 0 bridgehead atoms. The molecule has 0 fully saturated rings. The zero-order valence-corrected chi connectivity index (χ0v) is 9.80. The Morgan fingerprint density at radius 2 is 2.24 bits per heavy atom. The van der Waals surface area contributed by atoms with Crippen LogP contribution in [0.15, 0.2) is 27.4 Å². The lowest BCUT2D eigenvalue weighted by atomic mass is 10.2. The minimum atomic E-state index is -0.417. The second-order valence-corrected chi connectivity index (χ2v) is 3.88. The third kappa shape index (κ3) is 2.29. The van der Waals surface area contributed by atoms with Gasteiger partial charge in [-0.05, 0) is 19.1 Å². The van der Waals surface area contributed by atoms with Crippen LogP contribution in [-0.2, 0) is 0 Å². The minimum Gasteiger partial charge on any atom is -0.420 e. The van der Waals surface area contributed by atoms with Crippen LogP contribution in [0.2, 0.25) is 0 Å². The summed E-state index contributed by atoms with van der Waals surface area (Å²) in [5.41, 5.74) is 1.93. The van der Waals surface area contributed by atoms with Crippen molar-refractivity contribution >= 4 is 16.8 Å². The second-order valence-electron chi connectivity index (χ2n) is 3.88.